The fraction of sp³-hybridized carbons (Fsp3) is 0.0500. The lowest BCUT2D eigenvalue weighted by Crippen LogP contribution is -2.15. The van der Waals surface area contributed by atoms with Gasteiger partial charge in [-0.05, 0) is 61.0 Å². The summed E-state index contributed by atoms with van der Waals surface area (Å²) in [6, 6.07) is 12.4. The van der Waals surface area contributed by atoms with E-state index in [2.05, 4.69) is 20.0 Å². The van der Waals surface area contributed by atoms with E-state index in [1.807, 2.05) is 0 Å². The highest BCUT2D eigenvalue weighted by Crippen LogP contribution is 2.23. The molecule has 0 unspecified atom stereocenters. The zero-order valence-corrected chi connectivity index (χ0v) is 18.0. The minimum Gasteiger partial charge on any atom is -0.323 e. The van der Waals surface area contributed by atoms with E-state index in [9.17, 15) is 13.2 Å². The first-order valence-corrected chi connectivity index (χ1v) is 10.8. The minimum atomic E-state index is -3.85. The van der Waals surface area contributed by atoms with Crippen LogP contribution in [0.4, 0.5) is 11.6 Å². The Kier molecular flexibility index (Phi) is 6.71. The van der Waals surface area contributed by atoms with Gasteiger partial charge in [0.1, 0.15) is 0 Å². The molecular formula is C20H16Cl2N4O3S. The predicted octanol–water partition coefficient (Wildman–Crippen LogP) is 4.54. The average Bonchev–Trinajstić information content (AvgIpc) is 2.69. The fourth-order valence-corrected chi connectivity index (χ4v) is 3.62. The lowest BCUT2D eigenvalue weighted by atomic mass is 10.2. The number of nitrogens with one attached hydrogen (secondary N) is 2. The van der Waals surface area contributed by atoms with E-state index < -0.39 is 10.0 Å². The molecule has 7 nitrogen and oxygen atoms in total. The summed E-state index contributed by atoms with van der Waals surface area (Å²) in [6.07, 6.45) is 4.38. The monoisotopic (exact) mass is 462 g/mol. The summed E-state index contributed by atoms with van der Waals surface area (Å²) in [5, 5.41) is 3.47. The summed E-state index contributed by atoms with van der Waals surface area (Å²) in [7, 11) is -3.85. The zero-order valence-electron chi connectivity index (χ0n) is 15.6. The number of carbonyl (C=O) groups excluding carboxylic acids is 1. The summed E-state index contributed by atoms with van der Waals surface area (Å²) >= 11 is 11.8. The molecule has 0 saturated heterocycles. The van der Waals surface area contributed by atoms with Crippen molar-refractivity contribution in [2.24, 2.45) is 0 Å². The van der Waals surface area contributed by atoms with Gasteiger partial charge in [-0.3, -0.25) is 4.79 Å². The Balaban J connectivity index is 1.65. The van der Waals surface area contributed by atoms with Crippen molar-refractivity contribution in [3.63, 3.8) is 0 Å². The zero-order chi connectivity index (χ0) is 21.7. The van der Waals surface area contributed by atoms with Crippen molar-refractivity contribution >= 4 is 56.8 Å². The molecule has 1 heterocycles. The third kappa shape index (κ3) is 5.79. The molecule has 0 aliphatic carbocycles. The maximum absolute atomic E-state index is 12.4. The quantitative estimate of drug-likeness (QED) is 0.523. The van der Waals surface area contributed by atoms with Gasteiger partial charge in [-0.1, -0.05) is 29.3 Å². The Hall–Kier alpha value is -2.94. The number of carbonyl (C=O) groups is 1. The third-order valence-electron chi connectivity index (χ3n) is 3.82. The van der Waals surface area contributed by atoms with Gasteiger partial charge in [-0.2, -0.15) is 0 Å². The molecule has 0 aliphatic heterocycles. The Morgan fingerprint density at radius 1 is 1.03 bits per heavy atom. The van der Waals surface area contributed by atoms with Crippen molar-refractivity contribution in [3.8, 4) is 0 Å². The highest BCUT2D eigenvalue weighted by Gasteiger charge is 2.15. The SMILES string of the molecule is Cc1ccnc(NS(=O)(=O)c2ccc(NC(=O)/C=C/c3ccc(Cl)c(Cl)c3)cc2)n1. The Morgan fingerprint density at radius 2 is 1.77 bits per heavy atom. The molecule has 2 aromatic carbocycles. The second kappa shape index (κ2) is 9.25. The number of halogens is 2. The number of rotatable bonds is 6. The van der Waals surface area contributed by atoms with Crippen molar-refractivity contribution in [3.05, 3.63) is 82.1 Å². The predicted molar refractivity (Wildman–Crippen MR) is 118 cm³/mol. The molecule has 1 amide bonds. The van der Waals surface area contributed by atoms with Gasteiger partial charge in [0.25, 0.3) is 10.0 Å². The van der Waals surface area contributed by atoms with Crippen molar-refractivity contribution in [1.29, 1.82) is 0 Å². The molecule has 10 heteroatoms. The lowest BCUT2D eigenvalue weighted by molar-refractivity contribution is -0.111. The second-order valence-electron chi connectivity index (χ2n) is 6.15. The van der Waals surface area contributed by atoms with Gasteiger partial charge in [0.15, 0.2) is 0 Å². The number of aromatic nitrogens is 2. The molecular weight excluding hydrogens is 447 g/mol. The van der Waals surface area contributed by atoms with Gasteiger partial charge >= 0.3 is 0 Å². The van der Waals surface area contributed by atoms with Crippen LogP contribution in [-0.2, 0) is 14.8 Å². The van der Waals surface area contributed by atoms with Crippen LogP contribution in [0, 0.1) is 6.92 Å². The first-order valence-electron chi connectivity index (χ1n) is 8.59. The largest absolute Gasteiger partial charge is 0.323 e. The Labute approximate surface area is 183 Å². The lowest BCUT2D eigenvalue weighted by Gasteiger charge is -2.08. The summed E-state index contributed by atoms with van der Waals surface area (Å²) in [6.45, 7) is 1.73. The number of benzene rings is 2. The molecule has 3 rings (SSSR count). The Bertz CT molecular complexity index is 1210. The standard InChI is InChI=1S/C20H16Cl2N4O3S/c1-13-10-11-23-20(24-13)26-30(28,29)16-6-4-15(5-7-16)25-19(27)9-3-14-2-8-17(21)18(22)12-14/h2-12H,1H3,(H,25,27)(H,23,24,26)/b9-3+. The van der Waals surface area contributed by atoms with E-state index in [-0.39, 0.29) is 16.8 Å². The fourth-order valence-electron chi connectivity index (χ4n) is 2.37. The first-order chi connectivity index (χ1) is 14.2. The van der Waals surface area contributed by atoms with Crippen LogP contribution in [0.25, 0.3) is 6.08 Å². The number of nitrogens with zero attached hydrogens (tertiary/aromatic N) is 2. The molecule has 0 atom stereocenters. The van der Waals surface area contributed by atoms with E-state index in [0.717, 1.165) is 0 Å². The number of sulfonamides is 1. The van der Waals surface area contributed by atoms with Crippen LogP contribution in [0.5, 0.6) is 0 Å². The molecule has 30 heavy (non-hydrogen) atoms. The van der Waals surface area contributed by atoms with Gasteiger partial charge in [0.05, 0.1) is 14.9 Å². The second-order valence-corrected chi connectivity index (χ2v) is 8.64. The van der Waals surface area contributed by atoms with Crippen molar-refractivity contribution < 1.29 is 13.2 Å². The van der Waals surface area contributed by atoms with Crippen molar-refractivity contribution in [2.45, 2.75) is 11.8 Å². The third-order valence-corrected chi connectivity index (χ3v) is 5.91. The Morgan fingerprint density at radius 3 is 2.43 bits per heavy atom. The van der Waals surface area contributed by atoms with E-state index in [0.29, 0.717) is 27.0 Å². The molecule has 0 saturated carbocycles. The molecule has 3 aromatic rings. The summed E-state index contributed by atoms with van der Waals surface area (Å²) in [5.41, 5.74) is 1.78. The minimum absolute atomic E-state index is 0.0111. The van der Waals surface area contributed by atoms with Gasteiger partial charge in [0, 0.05) is 23.7 Å². The molecule has 0 bridgehead atoms. The maximum Gasteiger partial charge on any atom is 0.264 e. The number of hydrogen-bond acceptors (Lipinski definition) is 5. The van der Waals surface area contributed by atoms with E-state index in [1.54, 1.807) is 37.3 Å². The molecule has 1 aromatic heterocycles. The average molecular weight is 463 g/mol. The smallest absolute Gasteiger partial charge is 0.264 e. The van der Waals surface area contributed by atoms with Crippen molar-refractivity contribution in [2.75, 3.05) is 10.0 Å². The molecule has 2 N–H and O–H groups in total. The maximum atomic E-state index is 12.4. The highest BCUT2D eigenvalue weighted by molar-refractivity contribution is 7.92. The molecule has 0 spiro atoms. The number of aryl methyl sites for hydroxylation is 1. The summed E-state index contributed by atoms with van der Waals surface area (Å²) in [4.78, 5) is 20.0. The van der Waals surface area contributed by atoms with Crippen LogP contribution in [0.1, 0.15) is 11.3 Å². The van der Waals surface area contributed by atoms with E-state index in [1.165, 1.54) is 36.5 Å². The van der Waals surface area contributed by atoms with Gasteiger partial charge in [-0.15, -0.1) is 0 Å². The first kappa shape index (κ1) is 21.8. The molecule has 0 fully saturated rings. The van der Waals surface area contributed by atoms with Crippen LogP contribution < -0.4 is 10.0 Å². The van der Waals surface area contributed by atoms with Crippen LogP contribution in [-0.4, -0.2) is 24.3 Å². The molecule has 0 aliphatic rings. The number of hydrogen-bond donors (Lipinski definition) is 2. The van der Waals surface area contributed by atoms with Crippen molar-refractivity contribution in [1.82, 2.24) is 9.97 Å². The molecule has 154 valence electrons. The normalized spacial score (nSPS) is 11.4. The van der Waals surface area contributed by atoms with Crippen LogP contribution in [0.2, 0.25) is 10.0 Å². The topological polar surface area (TPSA) is 101 Å². The summed E-state index contributed by atoms with van der Waals surface area (Å²) < 4.78 is 27.2. The van der Waals surface area contributed by atoms with Gasteiger partial charge in [0.2, 0.25) is 11.9 Å². The van der Waals surface area contributed by atoms with E-state index in [4.69, 9.17) is 23.2 Å². The van der Waals surface area contributed by atoms with Crippen LogP contribution in [0.3, 0.4) is 0 Å². The van der Waals surface area contributed by atoms with Crippen LogP contribution in [0.15, 0.2) is 65.7 Å². The number of amides is 1. The van der Waals surface area contributed by atoms with Gasteiger partial charge < -0.3 is 5.32 Å². The van der Waals surface area contributed by atoms with Crippen LogP contribution >= 0.6 is 23.2 Å². The molecule has 0 radical (unpaired) electrons. The highest BCUT2D eigenvalue weighted by atomic mass is 35.5. The number of anilines is 2. The van der Waals surface area contributed by atoms with E-state index >= 15 is 0 Å². The summed E-state index contributed by atoms with van der Waals surface area (Å²) in [5.74, 6) is -0.400. The van der Waals surface area contributed by atoms with Gasteiger partial charge in [-0.25, -0.2) is 23.1 Å².